The molecule has 1 aromatic carbocycles. The lowest BCUT2D eigenvalue weighted by Gasteiger charge is -2.25. The molecule has 5 atom stereocenters. The van der Waals surface area contributed by atoms with E-state index in [1.807, 2.05) is 30.5 Å². The molecular formula is C17H21NO2. The van der Waals surface area contributed by atoms with Gasteiger partial charge in [0.2, 0.25) is 0 Å². The number of fused-ring (bicyclic) bond motifs is 1. The largest absolute Gasteiger partial charge is 0.388 e. The van der Waals surface area contributed by atoms with E-state index in [0.717, 1.165) is 16.3 Å². The summed E-state index contributed by atoms with van der Waals surface area (Å²) in [4.78, 5) is 4.19. The molecule has 0 radical (unpaired) electrons. The number of nitrogens with zero attached hydrogens (tertiary/aromatic N) is 1. The van der Waals surface area contributed by atoms with Crippen LogP contribution in [-0.2, 0) is 4.74 Å². The van der Waals surface area contributed by atoms with Crippen LogP contribution in [0.4, 0.5) is 0 Å². The van der Waals surface area contributed by atoms with Crippen LogP contribution in [0.5, 0.6) is 0 Å². The monoisotopic (exact) mass is 271 g/mol. The zero-order valence-corrected chi connectivity index (χ0v) is 12.2. The van der Waals surface area contributed by atoms with Crippen molar-refractivity contribution in [2.75, 3.05) is 0 Å². The number of aliphatic hydroxyl groups excluding tert-OH is 1. The molecule has 1 fully saturated rings. The summed E-state index contributed by atoms with van der Waals surface area (Å²) in [6.45, 7) is 6.29. The second-order valence-corrected chi connectivity index (χ2v) is 5.87. The van der Waals surface area contributed by atoms with E-state index in [-0.39, 0.29) is 18.1 Å². The first-order chi connectivity index (χ1) is 9.59. The molecule has 5 unspecified atom stereocenters. The number of aromatic nitrogens is 1. The molecule has 1 N–H and O–H groups in total. The predicted octanol–water partition coefficient (Wildman–Crippen LogP) is 3.33. The first kappa shape index (κ1) is 13.5. The molecule has 0 aliphatic carbocycles. The van der Waals surface area contributed by atoms with E-state index in [4.69, 9.17) is 4.74 Å². The van der Waals surface area contributed by atoms with Gasteiger partial charge in [0.15, 0.2) is 0 Å². The highest BCUT2D eigenvalue weighted by atomic mass is 16.5. The molecule has 106 valence electrons. The summed E-state index contributed by atoms with van der Waals surface area (Å²) in [6, 6.07) is 8.02. The zero-order chi connectivity index (χ0) is 14.3. The molecule has 2 aromatic rings. The van der Waals surface area contributed by atoms with Gasteiger partial charge >= 0.3 is 0 Å². The van der Waals surface area contributed by atoms with Crippen molar-refractivity contribution in [3.05, 3.63) is 42.2 Å². The molecule has 1 aromatic heterocycles. The van der Waals surface area contributed by atoms with Gasteiger partial charge in [-0.3, -0.25) is 4.98 Å². The van der Waals surface area contributed by atoms with Gasteiger partial charge in [0.25, 0.3) is 0 Å². The van der Waals surface area contributed by atoms with Crippen molar-refractivity contribution in [1.82, 2.24) is 4.98 Å². The molecule has 3 rings (SSSR count). The fourth-order valence-corrected chi connectivity index (χ4v) is 3.44. The first-order valence-electron chi connectivity index (χ1n) is 7.25. The number of aliphatic hydroxyl groups is 1. The molecule has 2 heterocycles. The van der Waals surface area contributed by atoms with Crippen LogP contribution in [0, 0.1) is 11.8 Å². The SMILES string of the molecule is CC1OC(C)C(C(O)c2cccc3ccncc23)C1C. The summed E-state index contributed by atoms with van der Waals surface area (Å²) in [5, 5.41) is 13.0. The van der Waals surface area contributed by atoms with Gasteiger partial charge in [-0.15, -0.1) is 0 Å². The number of benzene rings is 1. The molecule has 3 nitrogen and oxygen atoms in total. The van der Waals surface area contributed by atoms with Crippen molar-refractivity contribution >= 4 is 10.8 Å². The van der Waals surface area contributed by atoms with E-state index in [1.54, 1.807) is 6.20 Å². The summed E-state index contributed by atoms with van der Waals surface area (Å²) in [5.41, 5.74) is 0.956. The second-order valence-electron chi connectivity index (χ2n) is 5.87. The molecule has 20 heavy (non-hydrogen) atoms. The third kappa shape index (κ3) is 2.11. The van der Waals surface area contributed by atoms with Gasteiger partial charge < -0.3 is 9.84 Å². The third-order valence-corrected chi connectivity index (χ3v) is 4.72. The molecule has 1 saturated heterocycles. The van der Waals surface area contributed by atoms with Gasteiger partial charge in [0.05, 0.1) is 18.3 Å². The summed E-state index contributed by atoms with van der Waals surface area (Å²) in [7, 11) is 0. The van der Waals surface area contributed by atoms with Gasteiger partial charge in [-0.25, -0.2) is 0 Å². The Morgan fingerprint density at radius 2 is 1.95 bits per heavy atom. The molecule has 3 heteroatoms. The van der Waals surface area contributed by atoms with Gasteiger partial charge in [0.1, 0.15) is 0 Å². The fourth-order valence-electron chi connectivity index (χ4n) is 3.44. The number of pyridine rings is 1. The number of rotatable bonds is 2. The standard InChI is InChI=1S/C17H21NO2/c1-10-11(2)20-12(3)16(10)17(19)14-6-4-5-13-7-8-18-9-15(13)14/h4-12,16-17,19H,1-3H3. The topological polar surface area (TPSA) is 42.4 Å². The highest BCUT2D eigenvalue weighted by Crippen LogP contribution is 2.41. The molecule has 0 spiro atoms. The maximum atomic E-state index is 10.9. The minimum absolute atomic E-state index is 0.0712. The van der Waals surface area contributed by atoms with E-state index in [0.29, 0.717) is 5.92 Å². The van der Waals surface area contributed by atoms with E-state index < -0.39 is 6.10 Å². The van der Waals surface area contributed by atoms with Crippen LogP contribution in [-0.4, -0.2) is 22.3 Å². The van der Waals surface area contributed by atoms with Crippen LogP contribution in [0.2, 0.25) is 0 Å². The Morgan fingerprint density at radius 3 is 2.65 bits per heavy atom. The van der Waals surface area contributed by atoms with Crippen LogP contribution in [0.15, 0.2) is 36.7 Å². The summed E-state index contributed by atoms with van der Waals surface area (Å²) in [5.74, 6) is 0.461. The van der Waals surface area contributed by atoms with Gasteiger partial charge in [0, 0.05) is 23.7 Å². The lowest BCUT2D eigenvalue weighted by Crippen LogP contribution is -2.25. The first-order valence-corrected chi connectivity index (χ1v) is 7.25. The Balaban J connectivity index is 2.03. The third-order valence-electron chi connectivity index (χ3n) is 4.72. The van der Waals surface area contributed by atoms with Crippen LogP contribution in [0.1, 0.15) is 32.4 Å². The normalized spacial score (nSPS) is 31.6. The molecular weight excluding hydrogens is 250 g/mol. The second kappa shape index (κ2) is 5.15. The summed E-state index contributed by atoms with van der Waals surface area (Å²) >= 11 is 0. The van der Waals surface area contributed by atoms with Crippen molar-refractivity contribution in [1.29, 1.82) is 0 Å². The zero-order valence-electron chi connectivity index (χ0n) is 12.2. The van der Waals surface area contributed by atoms with E-state index in [2.05, 4.69) is 25.8 Å². The lowest BCUT2D eigenvalue weighted by atomic mass is 9.81. The van der Waals surface area contributed by atoms with Gasteiger partial charge in [-0.1, -0.05) is 25.1 Å². The average Bonchev–Trinajstić information content (AvgIpc) is 2.71. The Hall–Kier alpha value is -1.45. The fraction of sp³-hybridized carbons (Fsp3) is 0.471. The smallest absolute Gasteiger partial charge is 0.0852 e. The Kier molecular flexibility index (Phi) is 3.48. The minimum Gasteiger partial charge on any atom is -0.388 e. The van der Waals surface area contributed by atoms with Crippen molar-refractivity contribution in [3.63, 3.8) is 0 Å². The van der Waals surface area contributed by atoms with E-state index >= 15 is 0 Å². The van der Waals surface area contributed by atoms with E-state index in [9.17, 15) is 5.11 Å². The predicted molar refractivity (Wildman–Crippen MR) is 79.4 cm³/mol. The van der Waals surface area contributed by atoms with Crippen LogP contribution < -0.4 is 0 Å². The number of hydrogen-bond donors (Lipinski definition) is 1. The molecule has 0 amide bonds. The van der Waals surface area contributed by atoms with Crippen molar-refractivity contribution in [2.24, 2.45) is 11.8 Å². The van der Waals surface area contributed by atoms with Gasteiger partial charge in [-0.2, -0.15) is 0 Å². The quantitative estimate of drug-likeness (QED) is 0.911. The minimum atomic E-state index is -0.516. The Bertz CT molecular complexity index is 607. The number of hydrogen-bond acceptors (Lipinski definition) is 3. The van der Waals surface area contributed by atoms with Crippen molar-refractivity contribution < 1.29 is 9.84 Å². The van der Waals surface area contributed by atoms with Crippen molar-refractivity contribution in [2.45, 2.75) is 39.1 Å². The molecule has 1 aliphatic heterocycles. The molecule has 0 saturated carbocycles. The molecule has 1 aliphatic rings. The maximum absolute atomic E-state index is 10.9. The van der Waals surface area contributed by atoms with Crippen LogP contribution in [0.25, 0.3) is 10.8 Å². The highest BCUT2D eigenvalue weighted by molar-refractivity contribution is 5.85. The Labute approximate surface area is 119 Å². The lowest BCUT2D eigenvalue weighted by molar-refractivity contribution is 0.0235. The van der Waals surface area contributed by atoms with Crippen molar-refractivity contribution in [3.8, 4) is 0 Å². The highest BCUT2D eigenvalue weighted by Gasteiger charge is 2.41. The van der Waals surface area contributed by atoms with Gasteiger partial charge in [-0.05, 0) is 36.8 Å². The maximum Gasteiger partial charge on any atom is 0.0852 e. The summed E-state index contributed by atoms with van der Waals surface area (Å²) < 4.78 is 5.87. The number of ether oxygens (including phenoxy) is 1. The molecule has 0 bridgehead atoms. The Morgan fingerprint density at radius 1 is 1.15 bits per heavy atom. The van der Waals surface area contributed by atoms with Crippen LogP contribution in [0.3, 0.4) is 0 Å². The van der Waals surface area contributed by atoms with E-state index in [1.165, 1.54) is 0 Å². The average molecular weight is 271 g/mol. The summed E-state index contributed by atoms with van der Waals surface area (Å²) in [6.07, 6.45) is 3.37. The van der Waals surface area contributed by atoms with Crippen LogP contribution >= 0.6 is 0 Å².